The molecule has 9 heteroatoms. The van der Waals surface area contributed by atoms with E-state index in [4.69, 9.17) is 9.84 Å². The zero-order valence-corrected chi connectivity index (χ0v) is 17.4. The molecule has 3 unspecified atom stereocenters. The minimum Gasteiger partial charge on any atom is -0.381 e. The third kappa shape index (κ3) is 3.79. The van der Waals surface area contributed by atoms with Gasteiger partial charge in [-0.3, -0.25) is 14.4 Å². The lowest BCUT2D eigenvalue weighted by Crippen LogP contribution is -2.40. The third-order valence-electron chi connectivity index (χ3n) is 6.51. The largest absolute Gasteiger partial charge is 0.381 e. The van der Waals surface area contributed by atoms with Gasteiger partial charge in [-0.15, -0.1) is 0 Å². The number of H-pyrrole nitrogens is 1. The topological polar surface area (TPSA) is 93.3 Å². The van der Waals surface area contributed by atoms with Crippen molar-refractivity contribution in [3.63, 3.8) is 0 Å². The second-order valence-electron chi connectivity index (χ2n) is 8.63. The maximum atomic E-state index is 12.8. The smallest absolute Gasteiger partial charge is 0.276 e. The molecule has 2 aliphatic heterocycles. The fourth-order valence-corrected chi connectivity index (χ4v) is 4.90. The molecule has 3 aromatic heterocycles. The summed E-state index contributed by atoms with van der Waals surface area (Å²) < 4.78 is 9.35. The van der Waals surface area contributed by atoms with E-state index in [1.807, 2.05) is 23.1 Å². The maximum Gasteiger partial charge on any atom is 0.276 e. The predicted molar refractivity (Wildman–Crippen MR) is 111 cm³/mol. The summed E-state index contributed by atoms with van der Waals surface area (Å²) in [5, 5.41) is 9.21. The monoisotopic (exact) mass is 411 g/mol. The molecule has 2 aliphatic rings. The Morgan fingerprint density at radius 3 is 3.03 bits per heavy atom. The average Bonchev–Trinajstić information content (AvgIpc) is 3.32. The van der Waals surface area contributed by atoms with Gasteiger partial charge >= 0.3 is 0 Å². The number of hydrogen-bond donors (Lipinski definition) is 1. The Labute approximate surface area is 175 Å². The summed E-state index contributed by atoms with van der Waals surface area (Å²) in [6.07, 6.45) is 9.37. The van der Waals surface area contributed by atoms with Crippen LogP contribution in [0.3, 0.4) is 0 Å². The number of fused-ring (bicyclic) bond motifs is 1. The minimum absolute atomic E-state index is 0.102. The van der Waals surface area contributed by atoms with E-state index in [1.165, 1.54) is 0 Å². The van der Waals surface area contributed by atoms with Crippen LogP contribution >= 0.6 is 0 Å². The molecule has 5 rings (SSSR count). The number of aromatic amines is 1. The zero-order chi connectivity index (χ0) is 20.5. The lowest BCUT2D eigenvalue weighted by Gasteiger charge is -2.36. The Morgan fingerprint density at radius 1 is 1.27 bits per heavy atom. The van der Waals surface area contributed by atoms with Crippen molar-refractivity contribution < 1.29 is 4.74 Å². The summed E-state index contributed by atoms with van der Waals surface area (Å²) >= 11 is 0. The van der Waals surface area contributed by atoms with Crippen LogP contribution in [0.2, 0.25) is 0 Å². The minimum atomic E-state index is -0.102. The van der Waals surface area contributed by atoms with Crippen molar-refractivity contribution in [1.29, 1.82) is 0 Å². The first-order valence-corrected chi connectivity index (χ1v) is 10.9. The van der Waals surface area contributed by atoms with E-state index in [1.54, 1.807) is 10.7 Å². The highest BCUT2D eigenvalue weighted by molar-refractivity contribution is 5.42. The van der Waals surface area contributed by atoms with Crippen molar-refractivity contribution in [3.8, 4) is 0 Å². The van der Waals surface area contributed by atoms with Crippen LogP contribution in [0.25, 0.3) is 5.52 Å². The highest BCUT2D eigenvalue weighted by Gasteiger charge is 2.30. The molecule has 30 heavy (non-hydrogen) atoms. The molecule has 2 saturated heterocycles. The van der Waals surface area contributed by atoms with Crippen molar-refractivity contribution in [1.82, 2.24) is 34.3 Å². The summed E-state index contributed by atoms with van der Waals surface area (Å²) in [7, 11) is 0. The molecule has 160 valence electrons. The van der Waals surface area contributed by atoms with Gasteiger partial charge in [-0.25, -0.2) is 9.50 Å². The van der Waals surface area contributed by atoms with E-state index < -0.39 is 0 Å². The number of rotatable bonds is 4. The molecule has 1 N–H and O–H groups in total. The molecule has 0 aliphatic carbocycles. The number of nitrogens with one attached hydrogen (secondary N) is 1. The predicted octanol–water partition coefficient (Wildman–Crippen LogP) is 1.98. The highest BCUT2D eigenvalue weighted by Crippen LogP contribution is 2.31. The first-order chi connectivity index (χ1) is 14.7. The van der Waals surface area contributed by atoms with Crippen LogP contribution in [0.5, 0.6) is 0 Å². The van der Waals surface area contributed by atoms with Crippen LogP contribution in [0, 0.1) is 5.92 Å². The van der Waals surface area contributed by atoms with Crippen LogP contribution in [0.4, 0.5) is 0 Å². The van der Waals surface area contributed by atoms with Crippen molar-refractivity contribution in [2.45, 2.75) is 51.1 Å². The third-order valence-corrected chi connectivity index (χ3v) is 6.51. The van der Waals surface area contributed by atoms with Gasteiger partial charge in [-0.1, -0.05) is 6.92 Å². The Balaban J connectivity index is 1.39. The van der Waals surface area contributed by atoms with Crippen LogP contribution in [0.15, 0.2) is 29.5 Å². The molecular formula is C21H29N7O2. The van der Waals surface area contributed by atoms with E-state index in [-0.39, 0.29) is 17.4 Å². The first-order valence-electron chi connectivity index (χ1n) is 10.9. The Kier molecular flexibility index (Phi) is 5.39. The standard InChI is InChI=1S/C21H29N7O2/c1-15-13-26(14-27-8-3-7-23-27)9-5-17(15)19-24-21(29)18-12-22-20(28(18)25-19)16-4-2-10-30-11-6-16/h3,7-8,12,15-17H,2,4-6,9-11,13-14H2,1H3,(H,24,25,29). The van der Waals surface area contributed by atoms with Crippen LogP contribution in [0.1, 0.15) is 56.1 Å². The zero-order valence-electron chi connectivity index (χ0n) is 17.4. The van der Waals surface area contributed by atoms with Gasteiger partial charge in [0, 0.05) is 50.5 Å². The van der Waals surface area contributed by atoms with Gasteiger partial charge in [0.25, 0.3) is 5.56 Å². The maximum absolute atomic E-state index is 12.8. The molecule has 0 radical (unpaired) electrons. The lowest BCUT2D eigenvalue weighted by molar-refractivity contribution is 0.120. The van der Waals surface area contributed by atoms with Crippen molar-refractivity contribution >= 4 is 5.52 Å². The number of piperidine rings is 1. The van der Waals surface area contributed by atoms with Crippen molar-refractivity contribution in [2.75, 3.05) is 26.3 Å². The first kappa shape index (κ1) is 19.4. The number of likely N-dealkylation sites (tertiary alicyclic amines) is 1. The van der Waals surface area contributed by atoms with Gasteiger partial charge in [0.1, 0.15) is 11.6 Å². The molecule has 0 spiro atoms. The Morgan fingerprint density at radius 2 is 2.20 bits per heavy atom. The number of ether oxygens (including phenoxy) is 1. The molecule has 0 saturated carbocycles. The normalized spacial score (nSPS) is 26.1. The number of hydrogen-bond acceptors (Lipinski definition) is 6. The summed E-state index contributed by atoms with van der Waals surface area (Å²) in [6, 6.07) is 1.95. The van der Waals surface area contributed by atoms with E-state index in [9.17, 15) is 4.79 Å². The number of nitrogens with zero attached hydrogens (tertiary/aromatic N) is 6. The Hall–Kier alpha value is -2.52. The molecule has 0 aromatic carbocycles. The molecule has 0 bridgehead atoms. The Bertz CT molecular complexity index is 1030. The van der Waals surface area contributed by atoms with E-state index in [0.29, 0.717) is 11.4 Å². The second-order valence-corrected chi connectivity index (χ2v) is 8.63. The van der Waals surface area contributed by atoms with Crippen LogP contribution < -0.4 is 5.56 Å². The average molecular weight is 412 g/mol. The van der Waals surface area contributed by atoms with Gasteiger partial charge in [0.2, 0.25) is 0 Å². The van der Waals surface area contributed by atoms with E-state index in [0.717, 1.165) is 70.3 Å². The molecule has 3 atom stereocenters. The van der Waals surface area contributed by atoms with Gasteiger partial charge in [0.05, 0.1) is 12.9 Å². The van der Waals surface area contributed by atoms with E-state index in [2.05, 4.69) is 26.9 Å². The van der Waals surface area contributed by atoms with Gasteiger partial charge in [-0.05, 0) is 37.7 Å². The SMILES string of the molecule is CC1CN(Cn2cccn2)CCC1c1nn2c(C3CCCOCC3)ncc2c(=O)[nH]1. The van der Waals surface area contributed by atoms with Gasteiger partial charge in [0.15, 0.2) is 5.52 Å². The molecule has 9 nitrogen and oxygen atoms in total. The molecule has 0 amide bonds. The van der Waals surface area contributed by atoms with Gasteiger partial charge < -0.3 is 9.72 Å². The van der Waals surface area contributed by atoms with E-state index >= 15 is 0 Å². The van der Waals surface area contributed by atoms with Crippen LogP contribution in [-0.4, -0.2) is 60.6 Å². The summed E-state index contributed by atoms with van der Waals surface area (Å²) in [6.45, 7) is 6.47. The highest BCUT2D eigenvalue weighted by atomic mass is 16.5. The number of imidazole rings is 1. The summed E-state index contributed by atoms with van der Waals surface area (Å²) in [5.74, 6) is 2.57. The molecule has 5 heterocycles. The molecule has 3 aromatic rings. The fraction of sp³-hybridized carbons (Fsp3) is 0.619. The second kappa shape index (κ2) is 8.31. The van der Waals surface area contributed by atoms with Crippen molar-refractivity contribution in [3.05, 3.63) is 46.7 Å². The lowest BCUT2D eigenvalue weighted by atomic mass is 9.86. The summed E-state index contributed by atoms with van der Waals surface area (Å²) in [5.41, 5.74) is 0.428. The van der Waals surface area contributed by atoms with Gasteiger partial charge in [-0.2, -0.15) is 10.2 Å². The molecule has 2 fully saturated rings. The summed E-state index contributed by atoms with van der Waals surface area (Å²) in [4.78, 5) is 22.8. The molecular weight excluding hydrogens is 382 g/mol. The van der Waals surface area contributed by atoms with Crippen molar-refractivity contribution in [2.24, 2.45) is 5.92 Å². The quantitative estimate of drug-likeness (QED) is 0.706. The van der Waals surface area contributed by atoms with Crippen LogP contribution in [-0.2, 0) is 11.4 Å². The number of aromatic nitrogens is 6. The fourth-order valence-electron chi connectivity index (χ4n) is 4.90.